The molecule has 0 unspecified atom stereocenters. The van der Waals surface area contributed by atoms with Crippen LogP contribution in [0.2, 0.25) is 0 Å². The van der Waals surface area contributed by atoms with Crippen molar-refractivity contribution < 1.29 is 14.3 Å². The molecule has 6 heteroatoms. The van der Waals surface area contributed by atoms with Crippen molar-refractivity contribution in [2.24, 2.45) is 0 Å². The third kappa shape index (κ3) is 4.10. The van der Waals surface area contributed by atoms with Crippen molar-refractivity contribution in [2.75, 3.05) is 20.2 Å². The first-order chi connectivity index (χ1) is 11.7. The number of carbonyl (C=O) groups excluding carboxylic acids is 1. The normalized spacial score (nSPS) is 17.2. The third-order valence-corrected chi connectivity index (χ3v) is 3.83. The van der Waals surface area contributed by atoms with Crippen LogP contribution in [0.1, 0.15) is 12.0 Å². The Morgan fingerprint density at radius 2 is 2.12 bits per heavy atom. The molecule has 1 aliphatic rings. The molecule has 1 atom stereocenters. The standard InChI is InChI=1S/C18H19N3O3/c1-23-15-7-4-14(5-8-15)6-9-18(22)21-12-10-16(13-21)24-17-3-2-11-19-20-17/h2-9,11,16H,10,12-13H2,1H3/b9-6+/t16-/m1/s1. The van der Waals surface area contributed by atoms with Gasteiger partial charge >= 0.3 is 0 Å². The molecule has 1 amide bonds. The summed E-state index contributed by atoms with van der Waals surface area (Å²) >= 11 is 0. The number of likely N-dealkylation sites (tertiary alicyclic amines) is 1. The minimum Gasteiger partial charge on any atom is -0.497 e. The Hall–Kier alpha value is -2.89. The molecule has 124 valence electrons. The maximum atomic E-state index is 12.3. The fourth-order valence-corrected chi connectivity index (χ4v) is 2.53. The lowest BCUT2D eigenvalue weighted by molar-refractivity contribution is -0.125. The average molecular weight is 325 g/mol. The molecule has 1 saturated heterocycles. The van der Waals surface area contributed by atoms with E-state index in [1.54, 1.807) is 42.5 Å². The summed E-state index contributed by atoms with van der Waals surface area (Å²) in [7, 11) is 1.63. The van der Waals surface area contributed by atoms with Gasteiger partial charge in [-0.1, -0.05) is 12.1 Å². The maximum absolute atomic E-state index is 12.3. The zero-order chi connectivity index (χ0) is 16.8. The molecule has 2 heterocycles. The van der Waals surface area contributed by atoms with E-state index in [9.17, 15) is 4.79 Å². The molecule has 0 saturated carbocycles. The second kappa shape index (κ2) is 7.59. The van der Waals surface area contributed by atoms with E-state index in [0.29, 0.717) is 19.0 Å². The molecule has 0 aliphatic carbocycles. The van der Waals surface area contributed by atoms with E-state index in [0.717, 1.165) is 17.7 Å². The Morgan fingerprint density at radius 3 is 2.83 bits per heavy atom. The van der Waals surface area contributed by atoms with Gasteiger partial charge in [-0.15, -0.1) is 5.10 Å². The van der Waals surface area contributed by atoms with Crippen LogP contribution < -0.4 is 9.47 Å². The SMILES string of the molecule is COc1ccc(/C=C/C(=O)N2CC[C@@H](Oc3cccnn3)C2)cc1. The number of aromatic nitrogens is 2. The Labute approximate surface area is 140 Å². The van der Waals surface area contributed by atoms with E-state index in [1.807, 2.05) is 24.3 Å². The molecule has 0 radical (unpaired) electrons. The first kappa shape index (κ1) is 16.0. The van der Waals surface area contributed by atoms with Crippen LogP contribution in [-0.4, -0.2) is 47.3 Å². The molecule has 1 aromatic carbocycles. The second-order valence-electron chi connectivity index (χ2n) is 5.48. The zero-order valence-corrected chi connectivity index (χ0v) is 13.5. The highest BCUT2D eigenvalue weighted by Crippen LogP contribution is 2.17. The van der Waals surface area contributed by atoms with E-state index in [-0.39, 0.29) is 12.0 Å². The van der Waals surface area contributed by atoms with Crippen LogP contribution in [0.5, 0.6) is 11.6 Å². The minimum atomic E-state index is -0.0416. The summed E-state index contributed by atoms with van der Waals surface area (Å²) in [5.41, 5.74) is 0.954. The lowest BCUT2D eigenvalue weighted by atomic mass is 10.2. The summed E-state index contributed by atoms with van der Waals surface area (Å²) in [5, 5.41) is 7.68. The third-order valence-electron chi connectivity index (χ3n) is 3.83. The molecule has 1 fully saturated rings. The van der Waals surface area contributed by atoms with Gasteiger partial charge in [0, 0.05) is 31.3 Å². The lowest BCUT2D eigenvalue weighted by Gasteiger charge is -2.15. The predicted molar refractivity (Wildman–Crippen MR) is 89.7 cm³/mol. The number of ether oxygens (including phenoxy) is 2. The molecule has 0 N–H and O–H groups in total. The summed E-state index contributed by atoms with van der Waals surface area (Å²) in [4.78, 5) is 14.0. The topological polar surface area (TPSA) is 64.5 Å². The largest absolute Gasteiger partial charge is 0.497 e. The molecule has 24 heavy (non-hydrogen) atoms. The van der Waals surface area contributed by atoms with Gasteiger partial charge in [-0.25, -0.2) is 0 Å². The van der Waals surface area contributed by atoms with Crippen molar-refractivity contribution in [2.45, 2.75) is 12.5 Å². The summed E-state index contributed by atoms with van der Waals surface area (Å²) in [5.74, 6) is 1.27. The number of methoxy groups -OCH3 is 1. The highest BCUT2D eigenvalue weighted by atomic mass is 16.5. The molecule has 1 aliphatic heterocycles. The van der Waals surface area contributed by atoms with Gasteiger partial charge < -0.3 is 14.4 Å². The number of amides is 1. The molecular weight excluding hydrogens is 306 g/mol. The van der Waals surface area contributed by atoms with Gasteiger partial charge in [-0.3, -0.25) is 4.79 Å². The van der Waals surface area contributed by atoms with Gasteiger partial charge in [-0.05, 0) is 29.8 Å². The minimum absolute atomic E-state index is 0.0175. The number of hydrogen-bond acceptors (Lipinski definition) is 5. The first-order valence-electron chi connectivity index (χ1n) is 7.80. The van der Waals surface area contributed by atoms with Crippen LogP contribution in [0.4, 0.5) is 0 Å². The number of hydrogen-bond donors (Lipinski definition) is 0. The summed E-state index contributed by atoms with van der Waals surface area (Å²) in [6.07, 6.45) is 5.74. The van der Waals surface area contributed by atoms with Crippen LogP contribution in [-0.2, 0) is 4.79 Å². The fourth-order valence-electron chi connectivity index (χ4n) is 2.53. The monoisotopic (exact) mass is 325 g/mol. The molecule has 0 spiro atoms. The van der Waals surface area contributed by atoms with Crippen molar-refractivity contribution in [3.05, 3.63) is 54.2 Å². The first-order valence-corrected chi connectivity index (χ1v) is 7.80. The van der Waals surface area contributed by atoms with E-state index in [1.165, 1.54) is 0 Å². The molecular formula is C18H19N3O3. The zero-order valence-electron chi connectivity index (χ0n) is 13.5. The number of rotatable bonds is 5. The van der Waals surface area contributed by atoms with E-state index >= 15 is 0 Å². The Bertz CT molecular complexity index is 701. The Kier molecular flexibility index (Phi) is 5.05. The van der Waals surface area contributed by atoms with Gasteiger partial charge in [-0.2, -0.15) is 5.10 Å². The van der Waals surface area contributed by atoms with Crippen molar-refractivity contribution in [3.8, 4) is 11.6 Å². The van der Waals surface area contributed by atoms with Crippen LogP contribution >= 0.6 is 0 Å². The van der Waals surface area contributed by atoms with Crippen molar-refractivity contribution in [1.82, 2.24) is 15.1 Å². The lowest BCUT2D eigenvalue weighted by Crippen LogP contribution is -2.29. The molecule has 3 rings (SSSR count). The van der Waals surface area contributed by atoms with Crippen LogP contribution in [0.15, 0.2) is 48.7 Å². The van der Waals surface area contributed by atoms with Crippen LogP contribution in [0.25, 0.3) is 6.08 Å². The highest BCUT2D eigenvalue weighted by molar-refractivity contribution is 5.92. The number of benzene rings is 1. The maximum Gasteiger partial charge on any atom is 0.246 e. The summed E-state index contributed by atoms with van der Waals surface area (Å²) < 4.78 is 10.9. The smallest absolute Gasteiger partial charge is 0.246 e. The van der Waals surface area contributed by atoms with Gasteiger partial charge in [0.05, 0.1) is 13.7 Å². The molecule has 0 bridgehead atoms. The quantitative estimate of drug-likeness (QED) is 0.788. The van der Waals surface area contributed by atoms with Gasteiger partial charge in [0.1, 0.15) is 11.9 Å². The molecule has 2 aromatic rings. The van der Waals surface area contributed by atoms with Gasteiger partial charge in [0.15, 0.2) is 0 Å². The van der Waals surface area contributed by atoms with Gasteiger partial charge in [0.25, 0.3) is 0 Å². The Morgan fingerprint density at radius 1 is 1.29 bits per heavy atom. The van der Waals surface area contributed by atoms with Crippen LogP contribution in [0.3, 0.4) is 0 Å². The highest BCUT2D eigenvalue weighted by Gasteiger charge is 2.26. The average Bonchev–Trinajstić information content (AvgIpc) is 3.09. The molecule has 1 aromatic heterocycles. The summed E-state index contributed by atoms with van der Waals surface area (Å²) in [6.45, 7) is 1.24. The number of nitrogens with zero attached hydrogens (tertiary/aromatic N) is 3. The van der Waals surface area contributed by atoms with Crippen LogP contribution in [0, 0.1) is 0 Å². The van der Waals surface area contributed by atoms with E-state index < -0.39 is 0 Å². The van der Waals surface area contributed by atoms with Crippen molar-refractivity contribution in [1.29, 1.82) is 0 Å². The second-order valence-corrected chi connectivity index (χ2v) is 5.48. The number of carbonyl (C=O) groups is 1. The molecule has 6 nitrogen and oxygen atoms in total. The fraction of sp³-hybridized carbons (Fsp3) is 0.278. The van der Waals surface area contributed by atoms with Gasteiger partial charge in [0.2, 0.25) is 11.8 Å². The predicted octanol–water partition coefficient (Wildman–Crippen LogP) is 2.18. The van der Waals surface area contributed by atoms with Crippen molar-refractivity contribution in [3.63, 3.8) is 0 Å². The van der Waals surface area contributed by atoms with E-state index in [2.05, 4.69) is 10.2 Å². The Balaban J connectivity index is 1.53. The van der Waals surface area contributed by atoms with E-state index in [4.69, 9.17) is 9.47 Å². The van der Waals surface area contributed by atoms with Crippen molar-refractivity contribution >= 4 is 12.0 Å². The summed E-state index contributed by atoms with van der Waals surface area (Å²) in [6, 6.07) is 11.1.